The van der Waals surface area contributed by atoms with E-state index < -0.39 is 5.91 Å². The number of amides is 1. The summed E-state index contributed by atoms with van der Waals surface area (Å²) in [6.45, 7) is 1.97. The van der Waals surface area contributed by atoms with Gasteiger partial charge in [-0.15, -0.1) is 11.3 Å². The van der Waals surface area contributed by atoms with Crippen molar-refractivity contribution < 1.29 is 10.0 Å². The third kappa shape index (κ3) is 1.58. The summed E-state index contributed by atoms with van der Waals surface area (Å²) in [5, 5.41) is 10.2. The first kappa shape index (κ1) is 8.23. The minimum absolute atomic E-state index is 0.420. The molecule has 11 heavy (non-hydrogen) atoms. The lowest BCUT2D eigenvalue weighted by Crippen LogP contribution is -2.18. The molecule has 0 aromatic carbocycles. The molecule has 0 unspecified atom stereocenters. The highest BCUT2D eigenvalue weighted by Gasteiger charge is 2.09. The normalized spacial score (nSPS) is 9.64. The number of hydrogen-bond donors (Lipinski definition) is 2. The summed E-state index contributed by atoms with van der Waals surface area (Å²) in [6, 6.07) is 1.88. The predicted molar refractivity (Wildman–Crippen MR) is 42.9 cm³/mol. The lowest BCUT2D eigenvalue weighted by atomic mass is 10.2. The molecule has 60 valence electrons. The van der Waals surface area contributed by atoms with E-state index in [0.29, 0.717) is 4.88 Å². The van der Waals surface area contributed by atoms with Gasteiger partial charge in [0.1, 0.15) is 0 Å². The SMILES string of the molecule is CCc1ccsc1C(=O)NO. The summed E-state index contributed by atoms with van der Waals surface area (Å²) in [6.07, 6.45) is 0.812. The van der Waals surface area contributed by atoms with Crippen LogP contribution < -0.4 is 5.48 Å². The topological polar surface area (TPSA) is 49.3 Å². The Labute approximate surface area is 68.6 Å². The molecule has 1 heterocycles. The molecule has 1 amide bonds. The van der Waals surface area contributed by atoms with Crippen LogP contribution in [0.15, 0.2) is 11.4 Å². The van der Waals surface area contributed by atoms with Crippen LogP contribution in [0.4, 0.5) is 0 Å². The monoisotopic (exact) mass is 171 g/mol. The van der Waals surface area contributed by atoms with E-state index in [1.165, 1.54) is 11.3 Å². The highest BCUT2D eigenvalue weighted by molar-refractivity contribution is 7.12. The van der Waals surface area contributed by atoms with E-state index in [9.17, 15) is 4.79 Å². The molecule has 0 aliphatic heterocycles. The van der Waals surface area contributed by atoms with Gasteiger partial charge in [-0.2, -0.15) is 0 Å². The summed E-state index contributed by atoms with van der Waals surface area (Å²) in [5.74, 6) is -0.420. The summed E-state index contributed by atoms with van der Waals surface area (Å²) in [5.41, 5.74) is 2.59. The lowest BCUT2D eigenvalue weighted by molar-refractivity contribution is 0.0710. The van der Waals surface area contributed by atoms with Crippen molar-refractivity contribution >= 4 is 17.2 Å². The zero-order valence-corrected chi connectivity index (χ0v) is 6.94. The van der Waals surface area contributed by atoms with E-state index in [4.69, 9.17) is 5.21 Å². The molecule has 0 bridgehead atoms. The fourth-order valence-corrected chi connectivity index (χ4v) is 1.75. The van der Waals surface area contributed by atoms with Crippen LogP contribution in [-0.4, -0.2) is 11.1 Å². The first-order valence-corrected chi connectivity index (χ1v) is 4.18. The number of nitrogens with one attached hydrogen (secondary N) is 1. The Morgan fingerprint density at radius 3 is 3.09 bits per heavy atom. The molecule has 4 heteroatoms. The van der Waals surface area contributed by atoms with Gasteiger partial charge in [-0.1, -0.05) is 6.92 Å². The van der Waals surface area contributed by atoms with Crippen LogP contribution in [-0.2, 0) is 6.42 Å². The summed E-state index contributed by atoms with van der Waals surface area (Å²) >= 11 is 1.33. The molecule has 0 radical (unpaired) electrons. The number of hydroxylamine groups is 1. The highest BCUT2D eigenvalue weighted by Crippen LogP contribution is 2.16. The maximum atomic E-state index is 10.9. The Balaban J connectivity index is 2.92. The van der Waals surface area contributed by atoms with E-state index in [0.717, 1.165) is 12.0 Å². The Hall–Kier alpha value is -0.870. The van der Waals surface area contributed by atoms with Gasteiger partial charge in [-0.25, -0.2) is 5.48 Å². The Kier molecular flexibility index (Phi) is 2.62. The summed E-state index contributed by atoms with van der Waals surface area (Å²) in [7, 11) is 0. The van der Waals surface area contributed by atoms with Gasteiger partial charge in [0.2, 0.25) is 0 Å². The second-order valence-electron chi connectivity index (χ2n) is 2.07. The van der Waals surface area contributed by atoms with E-state index in [1.54, 1.807) is 5.48 Å². The minimum atomic E-state index is -0.420. The van der Waals surface area contributed by atoms with Crippen molar-refractivity contribution in [2.24, 2.45) is 0 Å². The first-order valence-electron chi connectivity index (χ1n) is 3.30. The lowest BCUT2D eigenvalue weighted by Gasteiger charge is -1.96. The van der Waals surface area contributed by atoms with Gasteiger partial charge in [-0.05, 0) is 23.4 Å². The predicted octanol–water partition coefficient (Wildman–Crippen LogP) is 1.43. The van der Waals surface area contributed by atoms with E-state index in [-0.39, 0.29) is 0 Å². The van der Waals surface area contributed by atoms with Crippen LogP contribution in [0, 0.1) is 0 Å². The zero-order chi connectivity index (χ0) is 8.27. The van der Waals surface area contributed by atoms with Crippen LogP contribution in [0.1, 0.15) is 22.2 Å². The molecule has 2 N–H and O–H groups in total. The van der Waals surface area contributed by atoms with Gasteiger partial charge in [0.15, 0.2) is 0 Å². The molecule has 0 saturated carbocycles. The molecule has 0 aliphatic carbocycles. The van der Waals surface area contributed by atoms with E-state index in [1.807, 2.05) is 18.4 Å². The number of rotatable bonds is 2. The van der Waals surface area contributed by atoms with E-state index >= 15 is 0 Å². The quantitative estimate of drug-likeness (QED) is 0.522. The molecule has 1 rings (SSSR count). The number of hydrogen-bond acceptors (Lipinski definition) is 3. The molecule has 1 aromatic heterocycles. The van der Waals surface area contributed by atoms with Crippen molar-refractivity contribution in [1.29, 1.82) is 0 Å². The molecule has 0 fully saturated rings. The number of carbonyl (C=O) groups excluding carboxylic acids is 1. The Morgan fingerprint density at radius 2 is 2.55 bits per heavy atom. The van der Waals surface area contributed by atoms with Crippen LogP contribution >= 0.6 is 11.3 Å². The maximum Gasteiger partial charge on any atom is 0.284 e. The fraction of sp³-hybridized carbons (Fsp3) is 0.286. The van der Waals surface area contributed by atoms with Crippen molar-refractivity contribution in [2.45, 2.75) is 13.3 Å². The van der Waals surface area contributed by atoms with Gasteiger partial charge in [0.25, 0.3) is 5.91 Å². The zero-order valence-electron chi connectivity index (χ0n) is 6.13. The third-order valence-corrected chi connectivity index (χ3v) is 2.39. The van der Waals surface area contributed by atoms with Gasteiger partial charge >= 0.3 is 0 Å². The van der Waals surface area contributed by atoms with Crippen LogP contribution in [0.5, 0.6) is 0 Å². The van der Waals surface area contributed by atoms with Gasteiger partial charge < -0.3 is 0 Å². The fourth-order valence-electron chi connectivity index (χ4n) is 0.864. The van der Waals surface area contributed by atoms with Crippen molar-refractivity contribution in [2.75, 3.05) is 0 Å². The molecular weight excluding hydrogens is 162 g/mol. The average molecular weight is 171 g/mol. The van der Waals surface area contributed by atoms with E-state index in [2.05, 4.69) is 0 Å². The largest absolute Gasteiger partial charge is 0.288 e. The van der Waals surface area contributed by atoms with Crippen LogP contribution in [0.25, 0.3) is 0 Å². The van der Waals surface area contributed by atoms with Gasteiger partial charge in [0.05, 0.1) is 4.88 Å². The third-order valence-electron chi connectivity index (χ3n) is 1.44. The molecule has 0 spiro atoms. The standard InChI is InChI=1S/C7H9NO2S/c1-2-5-3-4-11-6(5)7(9)8-10/h3-4,10H,2H2,1H3,(H,8,9). The molecule has 0 saturated heterocycles. The van der Waals surface area contributed by atoms with Gasteiger partial charge in [-0.3, -0.25) is 10.0 Å². The summed E-state index contributed by atoms with van der Waals surface area (Å²) < 4.78 is 0. The second kappa shape index (κ2) is 3.50. The molecular formula is C7H9NO2S. The Morgan fingerprint density at radius 1 is 1.82 bits per heavy atom. The molecule has 0 atom stereocenters. The number of aryl methyl sites for hydroxylation is 1. The first-order chi connectivity index (χ1) is 5.29. The molecule has 1 aromatic rings. The molecule has 0 aliphatic rings. The maximum absolute atomic E-state index is 10.9. The van der Waals surface area contributed by atoms with Crippen LogP contribution in [0.3, 0.4) is 0 Å². The highest BCUT2D eigenvalue weighted by atomic mass is 32.1. The number of carbonyl (C=O) groups is 1. The smallest absolute Gasteiger partial charge is 0.284 e. The van der Waals surface area contributed by atoms with Crippen molar-refractivity contribution in [3.05, 3.63) is 21.9 Å². The second-order valence-corrected chi connectivity index (χ2v) is 2.99. The Bertz CT molecular complexity index is 257. The molecule has 3 nitrogen and oxygen atoms in total. The number of thiophene rings is 1. The van der Waals surface area contributed by atoms with Crippen molar-refractivity contribution in [1.82, 2.24) is 5.48 Å². The minimum Gasteiger partial charge on any atom is -0.288 e. The van der Waals surface area contributed by atoms with Gasteiger partial charge in [0, 0.05) is 0 Å². The van der Waals surface area contributed by atoms with Crippen molar-refractivity contribution in [3.63, 3.8) is 0 Å². The van der Waals surface area contributed by atoms with Crippen LogP contribution in [0.2, 0.25) is 0 Å². The summed E-state index contributed by atoms with van der Waals surface area (Å²) in [4.78, 5) is 11.5. The average Bonchev–Trinajstić information content (AvgIpc) is 2.50. The van der Waals surface area contributed by atoms with Crippen molar-refractivity contribution in [3.8, 4) is 0 Å².